The van der Waals surface area contributed by atoms with Gasteiger partial charge in [0.2, 0.25) is 0 Å². The van der Waals surface area contributed by atoms with Gasteiger partial charge in [-0.05, 0) is 31.5 Å². The van der Waals surface area contributed by atoms with Crippen LogP contribution in [-0.2, 0) is 4.74 Å². The van der Waals surface area contributed by atoms with Gasteiger partial charge in [0, 0.05) is 31.0 Å². The first-order valence-corrected chi connectivity index (χ1v) is 6.65. The molecular weight excluding hydrogens is 228 g/mol. The van der Waals surface area contributed by atoms with Gasteiger partial charge in [0.15, 0.2) is 0 Å². The van der Waals surface area contributed by atoms with E-state index in [1.54, 1.807) is 12.4 Å². The smallest absolute Gasteiger partial charge is 0.108 e. The summed E-state index contributed by atoms with van der Waals surface area (Å²) in [6, 6.07) is 1.92. The summed E-state index contributed by atoms with van der Waals surface area (Å²) in [6.07, 6.45) is 3.89. The number of nitrogens with zero attached hydrogens (tertiary/aromatic N) is 2. The molecule has 0 aromatic carbocycles. The molecule has 100 valence electrons. The Labute approximate surface area is 109 Å². The fourth-order valence-electron chi connectivity index (χ4n) is 2.43. The van der Waals surface area contributed by atoms with E-state index in [1.807, 2.05) is 13.0 Å². The number of ether oxygens (including phenoxy) is 1. The normalized spacial score (nSPS) is 22.9. The minimum absolute atomic E-state index is 0.145. The molecule has 0 saturated carbocycles. The molecule has 1 saturated heterocycles. The molecule has 1 N–H and O–H groups in total. The average Bonchev–Trinajstić information content (AvgIpc) is 2.39. The largest absolute Gasteiger partial charge is 0.386 e. The first kappa shape index (κ1) is 13.5. The van der Waals surface area contributed by atoms with Crippen molar-refractivity contribution >= 4 is 0 Å². The van der Waals surface area contributed by atoms with Gasteiger partial charge in [-0.15, -0.1) is 0 Å². The zero-order valence-electron chi connectivity index (χ0n) is 11.2. The van der Waals surface area contributed by atoms with Crippen molar-refractivity contribution in [1.82, 2.24) is 9.88 Å². The van der Waals surface area contributed by atoms with E-state index in [0.29, 0.717) is 6.61 Å². The average molecular weight is 250 g/mol. The summed E-state index contributed by atoms with van der Waals surface area (Å²) in [5, 5.41) is 10.4. The third-order valence-corrected chi connectivity index (χ3v) is 3.47. The third-order valence-electron chi connectivity index (χ3n) is 3.47. The van der Waals surface area contributed by atoms with E-state index in [9.17, 15) is 5.11 Å². The summed E-state index contributed by atoms with van der Waals surface area (Å²) in [4.78, 5) is 6.44. The molecule has 1 aliphatic heterocycles. The van der Waals surface area contributed by atoms with Crippen LogP contribution in [0.2, 0.25) is 0 Å². The Balaban J connectivity index is 2.04. The van der Waals surface area contributed by atoms with Crippen LogP contribution in [-0.4, -0.2) is 47.3 Å². The lowest BCUT2D eigenvalue weighted by molar-refractivity contribution is -0.0901. The summed E-state index contributed by atoms with van der Waals surface area (Å²) in [5.74, 6) is 0. The van der Waals surface area contributed by atoms with Crippen molar-refractivity contribution in [3.63, 3.8) is 0 Å². The molecule has 1 aliphatic rings. The number of rotatable bonds is 4. The number of morpholine rings is 1. The van der Waals surface area contributed by atoms with Crippen LogP contribution < -0.4 is 0 Å². The van der Waals surface area contributed by atoms with Crippen molar-refractivity contribution in [3.8, 4) is 0 Å². The van der Waals surface area contributed by atoms with Crippen molar-refractivity contribution in [3.05, 3.63) is 29.6 Å². The second kappa shape index (κ2) is 6.27. The summed E-state index contributed by atoms with van der Waals surface area (Å²) in [5.41, 5.74) is 1.94. The Morgan fingerprint density at radius 2 is 2.44 bits per heavy atom. The van der Waals surface area contributed by atoms with Crippen LogP contribution in [0.25, 0.3) is 0 Å². The quantitative estimate of drug-likeness (QED) is 0.880. The van der Waals surface area contributed by atoms with Gasteiger partial charge in [0.05, 0.1) is 6.61 Å². The van der Waals surface area contributed by atoms with Crippen LogP contribution in [0.15, 0.2) is 18.5 Å². The number of hydrogen-bond acceptors (Lipinski definition) is 4. The molecule has 0 radical (unpaired) electrons. The predicted octanol–water partition coefficient (Wildman–Crippen LogP) is 1.53. The SMILES string of the molecule is CCCN1CCOC(C(O)c2cnccc2C)C1. The van der Waals surface area contributed by atoms with Gasteiger partial charge in [0.25, 0.3) is 0 Å². The van der Waals surface area contributed by atoms with Crippen LogP contribution in [0.1, 0.15) is 30.6 Å². The van der Waals surface area contributed by atoms with Crippen molar-refractivity contribution in [2.24, 2.45) is 0 Å². The van der Waals surface area contributed by atoms with E-state index in [1.165, 1.54) is 0 Å². The van der Waals surface area contributed by atoms with Crippen LogP contribution in [0.4, 0.5) is 0 Å². The van der Waals surface area contributed by atoms with Gasteiger partial charge in [-0.1, -0.05) is 6.92 Å². The standard InChI is InChI=1S/C14H22N2O2/c1-3-6-16-7-8-18-13(10-16)14(17)12-9-15-5-4-11(12)2/h4-5,9,13-14,17H,3,6-8,10H2,1-2H3. The van der Waals surface area contributed by atoms with Gasteiger partial charge in [-0.25, -0.2) is 0 Å². The molecule has 0 amide bonds. The molecule has 1 fully saturated rings. The van der Waals surface area contributed by atoms with Crippen molar-refractivity contribution in [1.29, 1.82) is 0 Å². The highest BCUT2D eigenvalue weighted by Gasteiger charge is 2.28. The van der Waals surface area contributed by atoms with Gasteiger partial charge in [-0.2, -0.15) is 0 Å². The lowest BCUT2D eigenvalue weighted by Gasteiger charge is -2.35. The second-order valence-electron chi connectivity index (χ2n) is 4.89. The molecule has 1 aromatic rings. The molecule has 0 bridgehead atoms. The molecule has 2 rings (SSSR count). The Morgan fingerprint density at radius 3 is 3.17 bits per heavy atom. The number of aliphatic hydroxyl groups is 1. The molecule has 2 unspecified atom stereocenters. The van der Waals surface area contributed by atoms with Crippen LogP contribution in [0, 0.1) is 6.92 Å². The topological polar surface area (TPSA) is 45.6 Å². The predicted molar refractivity (Wildman–Crippen MR) is 70.4 cm³/mol. The molecule has 4 heteroatoms. The minimum Gasteiger partial charge on any atom is -0.386 e. The second-order valence-corrected chi connectivity index (χ2v) is 4.89. The number of hydrogen-bond donors (Lipinski definition) is 1. The van der Waals surface area contributed by atoms with Gasteiger partial charge >= 0.3 is 0 Å². The first-order chi connectivity index (χ1) is 8.72. The van der Waals surface area contributed by atoms with E-state index in [2.05, 4.69) is 16.8 Å². The van der Waals surface area contributed by atoms with E-state index >= 15 is 0 Å². The van der Waals surface area contributed by atoms with Crippen LogP contribution >= 0.6 is 0 Å². The highest BCUT2D eigenvalue weighted by molar-refractivity contribution is 5.24. The lowest BCUT2D eigenvalue weighted by atomic mass is 10.0. The Morgan fingerprint density at radius 1 is 1.61 bits per heavy atom. The Bertz CT molecular complexity index is 382. The van der Waals surface area contributed by atoms with Crippen LogP contribution in [0.3, 0.4) is 0 Å². The third kappa shape index (κ3) is 3.07. The fourth-order valence-corrected chi connectivity index (χ4v) is 2.43. The summed E-state index contributed by atoms with van der Waals surface area (Å²) < 4.78 is 5.71. The number of aliphatic hydroxyl groups excluding tert-OH is 1. The minimum atomic E-state index is -0.585. The van der Waals surface area contributed by atoms with Crippen molar-refractivity contribution in [2.75, 3.05) is 26.2 Å². The van der Waals surface area contributed by atoms with Gasteiger partial charge < -0.3 is 9.84 Å². The highest BCUT2D eigenvalue weighted by Crippen LogP contribution is 2.24. The molecule has 2 atom stereocenters. The van der Waals surface area contributed by atoms with Gasteiger partial charge in [-0.3, -0.25) is 9.88 Å². The molecule has 1 aromatic heterocycles. The molecule has 0 spiro atoms. The molecular formula is C14H22N2O2. The highest BCUT2D eigenvalue weighted by atomic mass is 16.5. The van der Waals surface area contributed by atoms with E-state index < -0.39 is 6.10 Å². The van der Waals surface area contributed by atoms with E-state index in [4.69, 9.17) is 4.74 Å². The molecule has 2 heterocycles. The maximum Gasteiger partial charge on any atom is 0.108 e. The maximum atomic E-state index is 10.4. The first-order valence-electron chi connectivity index (χ1n) is 6.65. The van der Waals surface area contributed by atoms with Crippen LogP contribution in [0.5, 0.6) is 0 Å². The molecule has 0 aliphatic carbocycles. The maximum absolute atomic E-state index is 10.4. The monoisotopic (exact) mass is 250 g/mol. The number of aryl methyl sites for hydroxylation is 1. The summed E-state index contributed by atoms with van der Waals surface area (Å²) in [6.45, 7) is 7.69. The Hall–Kier alpha value is -0.970. The van der Waals surface area contributed by atoms with Crippen molar-refractivity contribution < 1.29 is 9.84 Å². The zero-order chi connectivity index (χ0) is 13.0. The van der Waals surface area contributed by atoms with E-state index in [0.717, 1.165) is 37.2 Å². The number of pyridine rings is 1. The molecule has 18 heavy (non-hydrogen) atoms. The number of aromatic nitrogens is 1. The lowest BCUT2D eigenvalue weighted by Crippen LogP contribution is -2.45. The summed E-state index contributed by atoms with van der Waals surface area (Å²) in [7, 11) is 0. The zero-order valence-corrected chi connectivity index (χ0v) is 11.2. The Kier molecular flexibility index (Phi) is 4.69. The van der Waals surface area contributed by atoms with E-state index in [-0.39, 0.29) is 6.10 Å². The summed E-state index contributed by atoms with van der Waals surface area (Å²) >= 11 is 0. The van der Waals surface area contributed by atoms with Gasteiger partial charge in [0.1, 0.15) is 12.2 Å². The fraction of sp³-hybridized carbons (Fsp3) is 0.643. The van der Waals surface area contributed by atoms with Crippen molar-refractivity contribution in [2.45, 2.75) is 32.5 Å². The molecule has 4 nitrogen and oxygen atoms in total.